The van der Waals surface area contributed by atoms with E-state index < -0.39 is 18.5 Å². The number of halogens is 1. The third kappa shape index (κ3) is 6.46. The maximum absolute atomic E-state index is 13.1. The first-order valence-electron chi connectivity index (χ1n) is 9.94. The Morgan fingerprint density at radius 3 is 2.67 bits per heavy atom. The third-order valence-corrected chi connectivity index (χ3v) is 5.48. The van der Waals surface area contributed by atoms with Gasteiger partial charge >= 0.3 is 11.9 Å². The molecule has 1 N–H and O–H groups in total. The van der Waals surface area contributed by atoms with Crippen LogP contribution >= 0.6 is 11.6 Å². The number of oxime groups is 1. The molecule has 0 unspecified atom stereocenters. The van der Waals surface area contributed by atoms with Gasteiger partial charge in [-0.25, -0.2) is 9.59 Å². The number of allylic oxidation sites excluding steroid dienone is 3. The molecule has 0 saturated heterocycles. The van der Waals surface area contributed by atoms with E-state index in [1.54, 1.807) is 6.08 Å². The van der Waals surface area contributed by atoms with Gasteiger partial charge in [0.2, 0.25) is 6.61 Å². The Bertz CT molecular complexity index is 888. The number of carboxylic acids is 1. The molecule has 1 heterocycles. The van der Waals surface area contributed by atoms with Crippen LogP contribution < -0.4 is 0 Å². The standard InChI is InChI=1S/C23H28ClNO5/c1-14-9-7-5-6-8-10-18(25-29-13-20(26)27)12-19-21(23(28)30-17(14)4)15(2)11-16(3)22(19)24/h7-11,14,17H,5-6,12-13H2,1-4H3,(H,26,27)/b9-7+,10-8+,25-18-/t14-,17+/m0/s1. The molecule has 1 aromatic rings. The van der Waals surface area contributed by atoms with Gasteiger partial charge in [-0.2, -0.15) is 0 Å². The van der Waals surface area contributed by atoms with Crippen molar-refractivity contribution in [3.63, 3.8) is 0 Å². The zero-order valence-corrected chi connectivity index (χ0v) is 18.5. The number of carbonyl (C=O) groups is 2. The maximum atomic E-state index is 13.1. The molecule has 0 bridgehead atoms. The summed E-state index contributed by atoms with van der Waals surface area (Å²) in [6.07, 6.45) is 9.33. The lowest BCUT2D eigenvalue weighted by molar-refractivity contribution is -0.142. The van der Waals surface area contributed by atoms with Crippen molar-refractivity contribution in [1.82, 2.24) is 0 Å². The van der Waals surface area contributed by atoms with Crippen molar-refractivity contribution >= 4 is 29.3 Å². The summed E-state index contributed by atoms with van der Waals surface area (Å²) >= 11 is 6.58. The van der Waals surface area contributed by atoms with Crippen molar-refractivity contribution in [3.8, 4) is 0 Å². The number of hydrogen-bond donors (Lipinski definition) is 1. The lowest BCUT2D eigenvalue weighted by atomic mass is 9.94. The van der Waals surface area contributed by atoms with Crippen LogP contribution in [0.25, 0.3) is 0 Å². The Hall–Kier alpha value is -2.60. The van der Waals surface area contributed by atoms with Gasteiger partial charge in [0.25, 0.3) is 0 Å². The Morgan fingerprint density at radius 1 is 1.27 bits per heavy atom. The summed E-state index contributed by atoms with van der Waals surface area (Å²) < 4.78 is 5.74. The number of aliphatic carboxylic acids is 1. The monoisotopic (exact) mass is 433 g/mol. The van der Waals surface area contributed by atoms with Crippen LogP contribution in [0.15, 0.2) is 35.5 Å². The van der Waals surface area contributed by atoms with Gasteiger partial charge in [0.1, 0.15) is 6.10 Å². The van der Waals surface area contributed by atoms with Crippen LogP contribution in [0.3, 0.4) is 0 Å². The molecule has 0 fully saturated rings. The van der Waals surface area contributed by atoms with E-state index in [1.807, 2.05) is 45.9 Å². The summed E-state index contributed by atoms with van der Waals surface area (Å²) in [7, 11) is 0. The number of ether oxygens (including phenoxy) is 1. The summed E-state index contributed by atoms with van der Waals surface area (Å²) in [5.74, 6) is -1.48. The molecule has 0 amide bonds. The minimum Gasteiger partial charge on any atom is -0.479 e. The lowest BCUT2D eigenvalue weighted by Gasteiger charge is -2.21. The fourth-order valence-corrected chi connectivity index (χ4v) is 3.40. The minimum absolute atomic E-state index is 0.0760. The zero-order chi connectivity index (χ0) is 22.3. The normalized spacial score (nSPS) is 23.8. The maximum Gasteiger partial charge on any atom is 0.344 e. The molecule has 0 aliphatic carbocycles. The van der Waals surface area contributed by atoms with Crippen LogP contribution in [0.4, 0.5) is 0 Å². The number of hydrogen-bond acceptors (Lipinski definition) is 5. The van der Waals surface area contributed by atoms with E-state index in [4.69, 9.17) is 26.3 Å². The topological polar surface area (TPSA) is 85.2 Å². The molecule has 7 heteroatoms. The van der Waals surface area contributed by atoms with Gasteiger partial charge in [0.15, 0.2) is 0 Å². The van der Waals surface area contributed by atoms with E-state index in [0.29, 0.717) is 21.9 Å². The molecule has 1 aliphatic heterocycles. The van der Waals surface area contributed by atoms with E-state index in [1.165, 1.54) is 0 Å². The molecule has 0 spiro atoms. The predicted molar refractivity (Wildman–Crippen MR) is 117 cm³/mol. The fourth-order valence-electron chi connectivity index (χ4n) is 3.18. The lowest BCUT2D eigenvalue weighted by Crippen LogP contribution is -2.23. The number of benzene rings is 1. The third-order valence-electron chi connectivity index (χ3n) is 4.96. The number of nitrogens with zero attached hydrogens (tertiary/aromatic N) is 1. The number of rotatable bonds is 3. The molecule has 1 aromatic carbocycles. The summed E-state index contributed by atoms with van der Waals surface area (Å²) in [5, 5.41) is 13.2. The highest BCUT2D eigenvalue weighted by molar-refractivity contribution is 6.33. The first-order chi connectivity index (χ1) is 14.2. The van der Waals surface area contributed by atoms with E-state index in [9.17, 15) is 9.59 Å². The second kappa shape index (κ2) is 11.0. The van der Waals surface area contributed by atoms with Crippen LogP contribution in [0.5, 0.6) is 0 Å². The van der Waals surface area contributed by atoms with Crippen LogP contribution in [0.1, 0.15) is 53.7 Å². The average molecular weight is 434 g/mol. The average Bonchev–Trinajstić information content (AvgIpc) is 2.66. The fraction of sp³-hybridized carbons (Fsp3) is 0.435. The molecule has 6 nitrogen and oxygen atoms in total. The highest BCUT2D eigenvalue weighted by Gasteiger charge is 2.24. The van der Waals surface area contributed by atoms with Crippen molar-refractivity contribution in [2.45, 2.75) is 53.1 Å². The molecule has 30 heavy (non-hydrogen) atoms. The van der Waals surface area contributed by atoms with Crippen molar-refractivity contribution in [2.24, 2.45) is 11.1 Å². The summed E-state index contributed by atoms with van der Waals surface area (Å²) in [6.45, 7) is 7.04. The second-order valence-electron chi connectivity index (χ2n) is 7.48. The van der Waals surface area contributed by atoms with Crippen molar-refractivity contribution in [2.75, 3.05) is 6.61 Å². The van der Waals surface area contributed by atoms with E-state index >= 15 is 0 Å². The molecule has 0 saturated carbocycles. The Labute approximate surface area is 182 Å². The predicted octanol–water partition coefficient (Wildman–Crippen LogP) is 5.04. The quantitative estimate of drug-likeness (QED) is 0.410. The molecule has 1 aliphatic rings. The number of esters is 1. The van der Waals surface area contributed by atoms with Gasteiger partial charge in [-0.1, -0.05) is 48.0 Å². The van der Waals surface area contributed by atoms with Crippen molar-refractivity contribution in [3.05, 3.63) is 57.6 Å². The van der Waals surface area contributed by atoms with Crippen LogP contribution in [0, 0.1) is 19.8 Å². The van der Waals surface area contributed by atoms with Crippen LogP contribution in [-0.4, -0.2) is 35.5 Å². The van der Waals surface area contributed by atoms with Crippen LogP contribution in [-0.2, 0) is 20.8 Å². The summed E-state index contributed by atoms with van der Waals surface area (Å²) in [4.78, 5) is 28.8. The van der Waals surface area contributed by atoms with Gasteiger partial charge in [-0.05, 0) is 56.4 Å². The van der Waals surface area contributed by atoms with E-state index in [2.05, 4.69) is 11.2 Å². The van der Waals surface area contributed by atoms with Gasteiger partial charge in [-0.3, -0.25) is 0 Å². The second-order valence-corrected chi connectivity index (χ2v) is 7.86. The smallest absolute Gasteiger partial charge is 0.344 e. The van der Waals surface area contributed by atoms with E-state index in [0.717, 1.165) is 24.0 Å². The highest BCUT2D eigenvalue weighted by atomic mass is 35.5. The number of carbonyl (C=O) groups excluding carboxylic acids is 1. The van der Waals surface area contributed by atoms with Gasteiger partial charge in [0, 0.05) is 17.4 Å². The molecule has 2 atom stereocenters. The van der Waals surface area contributed by atoms with Crippen LogP contribution in [0.2, 0.25) is 5.02 Å². The Kier molecular flexibility index (Phi) is 8.66. The molecule has 0 radical (unpaired) electrons. The van der Waals surface area contributed by atoms with Gasteiger partial charge in [0.05, 0.1) is 11.3 Å². The van der Waals surface area contributed by atoms with Crippen molar-refractivity contribution in [1.29, 1.82) is 0 Å². The Balaban J connectivity index is 2.54. The summed E-state index contributed by atoms with van der Waals surface area (Å²) in [6, 6.07) is 1.85. The minimum atomic E-state index is -1.12. The molecule has 2 rings (SSSR count). The molecule has 162 valence electrons. The van der Waals surface area contributed by atoms with Gasteiger partial charge in [-0.15, -0.1) is 0 Å². The number of cyclic esters (lactones) is 1. The molecule has 0 aromatic heterocycles. The first-order valence-corrected chi connectivity index (χ1v) is 10.3. The molecular formula is C23H28ClNO5. The zero-order valence-electron chi connectivity index (χ0n) is 17.8. The van der Waals surface area contributed by atoms with Gasteiger partial charge < -0.3 is 14.7 Å². The SMILES string of the molecule is Cc1cc(C)c2c(c1Cl)CC(=N\OCC(=O)O)/C=C/CC/C=C/[C@H](C)[C@@H](C)OC2=O. The van der Waals surface area contributed by atoms with Crippen molar-refractivity contribution < 1.29 is 24.3 Å². The summed E-state index contributed by atoms with van der Waals surface area (Å²) in [5.41, 5.74) is 3.06. The van der Waals surface area contributed by atoms with E-state index in [-0.39, 0.29) is 18.4 Å². The molecular weight excluding hydrogens is 406 g/mol. The number of aryl methyl sites for hydroxylation is 2. The first kappa shape index (κ1) is 23.7. The highest BCUT2D eigenvalue weighted by Crippen LogP contribution is 2.30. The largest absolute Gasteiger partial charge is 0.479 e. The number of carboxylic acid groups (broad SMARTS) is 1. The number of fused-ring (bicyclic) bond motifs is 1. The Morgan fingerprint density at radius 2 is 1.97 bits per heavy atom.